The molecular formula is C14H23N3O2. The molecule has 0 amide bonds. The fourth-order valence-corrected chi connectivity index (χ4v) is 2.46. The first-order valence-electron chi connectivity index (χ1n) is 6.94. The summed E-state index contributed by atoms with van der Waals surface area (Å²) in [5, 5.41) is 14.0. The van der Waals surface area contributed by atoms with Gasteiger partial charge in [0.15, 0.2) is 0 Å². The lowest BCUT2D eigenvalue weighted by atomic mass is 9.78. The Labute approximate surface area is 113 Å². The molecule has 5 heteroatoms. The van der Waals surface area contributed by atoms with Crippen LogP contribution in [0.5, 0.6) is 0 Å². The molecule has 0 spiro atoms. The smallest absolute Gasteiger partial charge is 0.311 e. The van der Waals surface area contributed by atoms with Crippen molar-refractivity contribution in [1.29, 1.82) is 0 Å². The highest BCUT2D eigenvalue weighted by Crippen LogP contribution is 2.41. The molecule has 0 radical (unpaired) electrons. The number of hydrogen-bond donors (Lipinski definition) is 2. The average molecular weight is 265 g/mol. The summed E-state index contributed by atoms with van der Waals surface area (Å²) < 4.78 is 1.86. The van der Waals surface area contributed by atoms with Crippen LogP contribution in [0.4, 0.5) is 0 Å². The highest BCUT2D eigenvalue weighted by molar-refractivity contribution is 5.75. The van der Waals surface area contributed by atoms with Gasteiger partial charge in [0.05, 0.1) is 11.1 Å². The lowest BCUT2D eigenvalue weighted by molar-refractivity contribution is -0.149. The van der Waals surface area contributed by atoms with E-state index in [2.05, 4.69) is 5.10 Å². The van der Waals surface area contributed by atoms with Crippen LogP contribution < -0.4 is 5.73 Å². The maximum Gasteiger partial charge on any atom is 0.311 e. The number of hydrogen-bond acceptors (Lipinski definition) is 3. The van der Waals surface area contributed by atoms with Gasteiger partial charge in [-0.15, -0.1) is 0 Å². The topological polar surface area (TPSA) is 81.1 Å². The molecule has 1 aliphatic rings. The van der Waals surface area contributed by atoms with Gasteiger partial charge in [0.25, 0.3) is 0 Å². The van der Waals surface area contributed by atoms with Crippen molar-refractivity contribution < 1.29 is 9.90 Å². The average Bonchev–Trinajstić information content (AvgIpc) is 3.03. The molecule has 5 nitrogen and oxygen atoms in total. The van der Waals surface area contributed by atoms with Gasteiger partial charge in [0.1, 0.15) is 0 Å². The second-order valence-corrected chi connectivity index (χ2v) is 5.99. The van der Waals surface area contributed by atoms with E-state index in [4.69, 9.17) is 5.73 Å². The predicted octanol–water partition coefficient (Wildman–Crippen LogP) is 1.84. The molecule has 19 heavy (non-hydrogen) atoms. The molecule has 1 unspecified atom stereocenters. The van der Waals surface area contributed by atoms with Crippen LogP contribution in [0.1, 0.15) is 44.8 Å². The summed E-state index contributed by atoms with van der Waals surface area (Å²) in [6.07, 6.45) is 5.27. The van der Waals surface area contributed by atoms with Gasteiger partial charge in [-0.05, 0) is 32.3 Å². The van der Waals surface area contributed by atoms with Crippen molar-refractivity contribution in [2.75, 3.05) is 6.54 Å². The largest absolute Gasteiger partial charge is 0.481 e. The van der Waals surface area contributed by atoms with Crippen molar-refractivity contribution in [3.8, 4) is 0 Å². The van der Waals surface area contributed by atoms with Crippen LogP contribution in [-0.2, 0) is 11.2 Å². The van der Waals surface area contributed by atoms with E-state index in [9.17, 15) is 9.90 Å². The number of carboxylic acid groups (broad SMARTS) is 1. The van der Waals surface area contributed by atoms with Crippen molar-refractivity contribution in [3.63, 3.8) is 0 Å². The zero-order valence-electron chi connectivity index (χ0n) is 11.7. The number of nitrogens with two attached hydrogens (primary N) is 1. The van der Waals surface area contributed by atoms with Gasteiger partial charge in [-0.25, -0.2) is 0 Å². The molecule has 1 aromatic rings. The van der Waals surface area contributed by atoms with Gasteiger partial charge < -0.3 is 10.8 Å². The second kappa shape index (κ2) is 5.33. The highest BCUT2D eigenvalue weighted by atomic mass is 16.4. The van der Waals surface area contributed by atoms with Crippen LogP contribution in [0.2, 0.25) is 0 Å². The van der Waals surface area contributed by atoms with Crippen molar-refractivity contribution in [1.82, 2.24) is 9.78 Å². The van der Waals surface area contributed by atoms with E-state index in [0.29, 0.717) is 18.8 Å². The molecule has 1 atom stereocenters. The van der Waals surface area contributed by atoms with Crippen molar-refractivity contribution in [3.05, 3.63) is 18.0 Å². The van der Waals surface area contributed by atoms with Crippen molar-refractivity contribution in [2.24, 2.45) is 17.1 Å². The Kier molecular flexibility index (Phi) is 3.94. The van der Waals surface area contributed by atoms with Crippen LogP contribution in [0.3, 0.4) is 0 Å². The minimum Gasteiger partial charge on any atom is -0.481 e. The summed E-state index contributed by atoms with van der Waals surface area (Å²) in [6.45, 7) is 4.27. The van der Waals surface area contributed by atoms with Crippen LogP contribution in [0, 0.1) is 11.3 Å². The third-order valence-electron chi connectivity index (χ3n) is 3.93. The van der Waals surface area contributed by atoms with E-state index < -0.39 is 11.4 Å². The molecular weight excluding hydrogens is 242 g/mol. The van der Waals surface area contributed by atoms with Gasteiger partial charge in [0, 0.05) is 25.2 Å². The second-order valence-electron chi connectivity index (χ2n) is 5.99. The summed E-state index contributed by atoms with van der Waals surface area (Å²) in [4.78, 5) is 11.6. The normalized spacial score (nSPS) is 18.5. The Morgan fingerprint density at radius 3 is 2.74 bits per heavy atom. The van der Waals surface area contributed by atoms with Crippen LogP contribution >= 0.6 is 0 Å². The molecule has 0 aromatic carbocycles. The van der Waals surface area contributed by atoms with Crippen LogP contribution in [0.25, 0.3) is 0 Å². The fourth-order valence-electron chi connectivity index (χ4n) is 2.46. The lowest BCUT2D eigenvalue weighted by Gasteiger charge is -2.27. The number of aromatic nitrogens is 2. The van der Waals surface area contributed by atoms with Crippen molar-refractivity contribution in [2.45, 2.75) is 45.6 Å². The molecule has 0 bridgehead atoms. The minimum absolute atomic E-state index is 0.174. The summed E-state index contributed by atoms with van der Waals surface area (Å²) in [6, 6.07) is 2.19. The highest BCUT2D eigenvalue weighted by Gasteiger charge is 2.42. The standard InChI is InChI=1S/C14H23N3O2/c1-10(2)17-6-5-12(16-17)8-14(9-15,13(18)19)7-11-3-4-11/h5-6,10-11H,3-4,7-9,15H2,1-2H3,(H,18,19). The predicted molar refractivity (Wildman–Crippen MR) is 72.8 cm³/mol. The molecule has 1 heterocycles. The summed E-state index contributed by atoms with van der Waals surface area (Å²) in [5.41, 5.74) is 5.76. The Balaban J connectivity index is 2.15. The molecule has 2 rings (SSSR count). The first-order valence-corrected chi connectivity index (χ1v) is 6.94. The number of aliphatic carboxylic acids is 1. The van der Waals surface area contributed by atoms with E-state index in [1.165, 1.54) is 0 Å². The molecule has 3 N–H and O–H groups in total. The molecule has 0 aliphatic heterocycles. The van der Waals surface area contributed by atoms with E-state index in [-0.39, 0.29) is 12.6 Å². The lowest BCUT2D eigenvalue weighted by Crippen LogP contribution is -2.41. The van der Waals surface area contributed by atoms with Gasteiger partial charge in [-0.1, -0.05) is 12.8 Å². The van der Waals surface area contributed by atoms with E-state index in [1.54, 1.807) is 0 Å². The summed E-state index contributed by atoms with van der Waals surface area (Å²) >= 11 is 0. The van der Waals surface area contributed by atoms with E-state index >= 15 is 0 Å². The molecule has 1 fully saturated rings. The molecule has 1 saturated carbocycles. The zero-order valence-corrected chi connectivity index (χ0v) is 11.7. The number of nitrogens with zero attached hydrogens (tertiary/aromatic N) is 2. The number of carboxylic acids is 1. The first kappa shape index (κ1) is 14.1. The Hall–Kier alpha value is -1.36. The molecule has 1 aromatic heterocycles. The van der Waals surface area contributed by atoms with E-state index in [1.807, 2.05) is 30.8 Å². The van der Waals surface area contributed by atoms with Crippen LogP contribution in [-0.4, -0.2) is 27.4 Å². The molecule has 1 aliphatic carbocycles. The first-order chi connectivity index (χ1) is 8.97. The maximum absolute atomic E-state index is 11.6. The van der Waals surface area contributed by atoms with Gasteiger partial charge in [-0.2, -0.15) is 5.10 Å². The maximum atomic E-state index is 11.6. The Morgan fingerprint density at radius 2 is 2.32 bits per heavy atom. The third-order valence-corrected chi connectivity index (χ3v) is 3.93. The van der Waals surface area contributed by atoms with Gasteiger partial charge in [0.2, 0.25) is 0 Å². The summed E-state index contributed by atoms with van der Waals surface area (Å²) in [5.74, 6) is -0.257. The van der Waals surface area contributed by atoms with E-state index in [0.717, 1.165) is 18.5 Å². The quantitative estimate of drug-likeness (QED) is 0.788. The number of rotatable bonds is 7. The monoisotopic (exact) mass is 265 g/mol. The van der Waals surface area contributed by atoms with Gasteiger partial charge in [-0.3, -0.25) is 9.48 Å². The van der Waals surface area contributed by atoms with Crippen LogP contribution in [0.15, 0.2) is 12.3 Å². The van der Waals surface area contributed by atoms with Crippen molar-refractivity contribution >= 4 is 5.97 Å². The summed E-state index contributed by atoms with van der Waals surface area (Å²) in [7, 11) is 0. The SMILES string of the molecule is CC(C)n1ccc(CC(CN)(CC2CC2)C(=O)O)n1. The number of carbonyl (C=O) groups is 1. The fraction of sp³-hybridized carbons (Fsp3) is 0.714. The zero-order chi connectivity index (χ0) is 14.0. The minimum atomic E-state index is -0.850. The molecule has 0 saturated heterocycles. The third kappa shape index (κ3) is 3.15. The Bertz CT molecular complexity index is 451. The molecule has 106 valence electrons. The van der Waals surface area contributed by atoms with Gasteiger partial charge >= 0.3 is 5.97 Å². The Morgan fingerprint density at radius 1 is 1.63 bits per heavy atom.